The minimum atomic E-state index is 0.0947. The monoisotopic (exact) mass is 210 g/mol. The van der Waals surface area contributed by atoms with Gasteiger partial charge in [-0.15, -0.1) is 0 Å². The van der Waals surface area contributed by atoms with Gasteiger partial charge in [-0.25, -0.2) is 0 Å². The Hall–Kier alpha value is -0.990. The molecule has 3 nitrogen and oxygen atoms in total. The van der Waals surface area contributed by atoms with Gasteiger partial charge in [0.1, 0.15) is 0 Å². The predicted octanol–water partition coefficient (Wildman–Crippen LogP) is 2.25. The van der Waals surface area contributed by atoms with E-state index in [1.54, 1.807) is 0 Å². The van der Waals surface area contributed by atoms with Crippen molar-refractivity contribution in [2.24, 2.45) is 13.0 Å². The van der Waals surface area contributed by atoms with Crippen LogP contribution in [0.15, 0.2) is 4.79 Å². The summed E-state index contributed by atoms with van der Waals surface area (Å²) in [6.07, 6.45) is 4.21. The van der Waals surface area contributed by atoms with E-state index in [1.807, 2.05) is 11.7 Å². The molecule has 0 aromatic carbocycles. The molecular formula is C12H22N2O. The molecule has 0 saturated heterocycles. The highest BCUT2D eigenvalue weighted by atomic mass is 16.1. The second-order valence-corrected chi connectivity index (χ2v) is 4.63. The Labute approximate surface area is 91.5 Å². The normalized spacial score (nSPS) is 11.3. The predicted molar refractivity (Wildman–Crippen MR) is 63.2 cm³/mol. The highest BCUT2D eigenvalue weighted by Gasteiger charge is 2.13. The average Bonchev–Trinajstić information content (AvgIpc) is 2.39. The first-order valence-corrected chi connectivity index (χ1v) is 5.83. The number of hydrogen-bond donors (Lipinski definition) is 1. The number of nitrogens with one attached hydrogen (secondary N) is 1. The van der Waals surface area contributed by atoms with Crippen LogP contribution in [0, 0.1) is 5.92 Å². The maximum atomic E-state index is 11.7. The van der Waals surface area contributed by atoms with Crippen molar-refractivity contribution in [2.45, 2.75) is 46.5 Å². The highest BCUT2D eigenvalue weighted by molar-refractivity contribution is 5.18. The molecule has 0 amide bonds. The molecule has 0 bridgehead atoms. The number of aromatic nitrogens is 2. The van der Waals surface area contributed by atoms with Gasteiger partial charge in [-0.05, 0) is 25.2 Å². The van der Waals surface area contributed by atoms with Crippen molar-refractivity contribution < 1.29 is 0 Å². The molecule has 1 aromatic rings. The third kappa shape index (κ3) is 2.98. The molecule has 86 valence electrons. The summed E-state index contributed by atoms with van der Waals surface area (Å²) in [5.41, 5.74) is 2.27. The molecule has 0 aliphatic carbocycles. The maximum Gasteiger partial charge on any atom is 0.267 e. The van der Waals surface area contributed by atoms with E-state index in [2.05, 4.69) is 25.9 Å². The SMILES string of the molecule is CCCCc1c(CC(C)C)c(=O)[nH]n1C. The summed E-state index contributed by atoms with van der Waals surface area (Å²) < 4.78 is 1.88. The van der Waals surface area contributed by atoms with E-state index < -0.39 is 0 Å². The van der Waals surface area contributed by atoms with Crippen molar-refractivity contribution >= 4 is 0 Å². The van der Waals surface area contributed by atoms with Crippen molar-refractivity contribution in [3.05, 3.63) is 21.6 Å². The van der Waals surface area contributed by atoms with Crippen molar-refractivity contribution in [1.29, 1.82) is 0 Å². The molecule has 0 fully saturated rings. The van der Waals surface area contributed by atoms with Gasteiger partial charge >= 0.3 is 0 Å². The largest absolute Gasteiger partial charge is 0.292 e. The summed E-state index contributed by atoms with van der Waals surface area (Å²) in [6, 6.07) is 0. The van der Waals surface area contributed by atoms with Crippen LogP contribution < -0.4 is 5.56 Å². The molecule has 1 rings (SSSR count). The second kappa shape index (κ2) is 5.19. The Bertz CT molecular complexity index is 360. The van der Waals surface area contributed by atoms with Gasteiger partial charge in [-0.1, -0.05) is 27.2 Å². The summed E-state index contributed by atoms with van der Waals surface area (Å²) >= 11 is 0. The van der Waals surface area contributed by atoms with E-state index in [1.165, 1.54) is 12.1 Å². The van der Waals surface area contributed by atoms with Crippen LogP contribution >= 0.6 is 0 Å². The van der Waals surface area contributed by atoms with Gasteiger partial charge in [0.15, 0.2) is 0 Å². The van der Waals surface area contributed by atoms with E-state index in [0.717, 1.165) is 24.8 Å². The zero-order chi connectivity index (χ0) is 11.4. The molecule has 0 unspecified atom stereocenters. The molecule has 0 atom stereocenters. The Morgan fingerprint density at radius 1 is 1.40 bits per heavy atom. The van der Waals surface area contributed by atoms with Crippen LogP contribution in [0.2, 0.25) is 0 Å². The fourth-order valence-corrected chi connectivity index (χ4v) is 1.90. The van der Waals surface area contributed by atoms with Crippen LogP contribution in [0.3, 0.4) is 0 Å². The third-order valence-corrected chi connectivity index (χ3v) is 2.68. The molecular weight excluding hydrogens is 188 g/mol. The number of rotatable bonds is 5. The van der Waals surface area contributed by atoms with E-state index in [4.69, 9.17) is 0 Å². The number of nitrogens with zero attached hydrogens (tertiary/aromatic N) is 1. The first-order valence-electron chi connectivity index (χ1n) is 5.83. The number of aryl methyl sites for hydroxylation is 1. The fraction of sp³-hybridized carbons (Fsp3) is 0.750. The number of hydrogen-bond acceptors (Lipinski definition) is 1. The first-order chi connectivity index (χ1) is 7.06. The minimum absolute atomic E-state index is 0.0947. The van der Waals surface area contributed by atoms with E-state index in [0.29, 0.717) is 5.92 Å². The molecule has 0 spiro atoms. The van der Waals surface area contributed by atoms with Crippen molar-refractivity contribution in [3.63, 3.8) is 0 Å². The summed E-state index contributed by atoms with van der Waals surface area (Å²) in [6.45, 7) is 6.47. The standard InChI is InChI=1S/C12H22N2O/c1-5-6-7-11-10(8-9(2)3)12(15)13-14(11)4/h9H,5-8H2,1-4H3,(H,13,15). The molecule has 15 heavy (non-hydrogen) atoms. The van der Waals surface area contributed by atoms with E-state index in [9.17, 15) is 4.79 Å². The molecule has 0 radical (unpaired) electrons. The number of aromatic amines is 1. The molecule has 1 N–H and O–H groups in total. The molecule has 0 aliphatic heterocycles. The lowest BCUT2D eigenvalue weighted by Gasteiger charge is -2.06. The molecule has 0 aliphatic rings. The lowest BCUT2D eigenvalue weighted by molar-refractivity contribution is 0.627. The fourth-order valence-electron chi connectivity index (χ4n) is 1.90. The zero-order valence-corrected chi connectivity index (χ0v) is 10.3. The van der Waals surface area contributed by atoms with Crippen LogP contribution in [0.5, 0.6) is 0 Å². The molecule has 1 heterocycles. The number of unbranched alkanes of at least 4 members (excludes halogenated alkanes) is 1. The summed E-state index contributed by atoms with van der Waals surface area (Å²) in [5, 5.41) is 2.85. The Balaban J connectivity index is 2.95. The van der Waals surface area contributed by atoms with Gasteiger partial charge in [0, 0.05) is 18.3 Å². The lowest BCUT2D eigenvalue weighted by Crippen LogP contribution is -2.10. The van der Waals surface area contributed by atoms with Crippen molar-refractivity contribution in [1.82, 2.24) is 9.78 Å². The van der Waals surface area contributed by atoms with Gasteiger partial charge in [0.2, 0.25) is 0 Å². The highest BCUT2D eigenvalue weighted by Crippen LogP contribution is 2.12. The molecule has 3 heteroatoms. The quantitative estimate of drug-likeness (QED) is 0.795. The van der Waals surface area contributed by atoms with Crippen LogP contribution in [-0.2, 0) is 19.9 Å². The van der Waals surface area contributed by atoms with Crippen LogP contribution in [0.25, 0.3) is 0 Å². The van der Waals surface area contributed by atoms with Crippen molar-refractivity contribution in [2.75, 3.05) is 0 Å². The van der Waals surface area contributed by atoms with Gasteiger partial charge in [-0.3, -0.25) is 14.6 Å². The third-order valence-electron chi connectivity index (χ3n) is 2.68. The lowest BCUT2D eigenvalue weighted by atomic mass is 10.0. The van der Waals surface area contributed by atoms with Gasteiger partial charge < -0.3 is 0 Å². The van der Waals surface area contributed by atoms with Gasteiger partial charge in [0.05, 0.1) is 0 Å². The second-order valence-electron chi connectivity index (χ2n) is 4.63. The number of H-pyrrole nitrogens is 1. The van der Waals surface area contributed by atoms with Crippen LogP contribution in [0.1, 0.15) is 44.9 Å². The summed E-state index contributed by atoms with van der Waals surface area (Å²) in [5.74, 6) is 0.536. The smallest absolute Gasteiger partial charge is 0.267 e. The Morgan fingerprint density at radius 2 is 2.07 bits per heavy atom. The zero-order valence-electron chi connectivity index (χ0n) is 10.3. The van der Waals surface area contributed by atoms with Crippen molar-refractivity contribution in [3.8, 4) is 0 Å². The Morgan fingerprint density at radius 3 is 2.60 bits per heavy atom. The first kappa shape index (κ1) is 12.1. The maximum absolute atomic E-state index is 11.7. The van der Waals surface area contributed by atoms with Crippen LogP contribution in [0.4, 0.5) is 0 Å². The molecule has 1 aromatic heterocycles. The Kier molecular flexibility index (Phi) is 4.18. The minimum Gasteiger partial charge on any atom is -0.292 e. The summed E-state index contributed by atoms with van der Waals surface area (Å²) in [4.78, 5) is 11.7. The van der Waals surface area contributed by atoms with E-state index >= 15 is 0 Å². The van der Waals surface area contributed by atoms with Crippen LogP contribution in [-0.4, -0.2) is 9.78 Å². The summed E-state index contributed by atoms with van der Waals surface area (Å²) in [7, 11) is 1.93. The van der Waals surface area contributed by atoms with Gasteiger partial charge in [0.25, 0.3) is 5.56 Å². The molecule has 0 saturated carbocycles. The van der Waals surface area contributed by atoms with Gasteiger partial charge in [-0.2, -0.15) is 0 Å². The average molecular weight is 210 g/mol. The topological polar surface area (TPSA) is 37.8 Å². The van der Waals surface area contributed by atoms with E-state index in [-0.39, 0.29) is 5.56 Å².